The first-order valence-electron chi connectivity index (χ1n) is 7.76. The van der Waals surface area contributed by atoms with E-state index in [9.17, 15) is 10.1 Å². The van der Waals surface area contributed by atoms with E-state index in [1.54, 1.807) is 6.07 Å². The number of rotatable bonds is 3. The predicted octanol–water partition coefficient (Wildman–Crippen LogP) is 5.12. The van der Waals surface area contributed by atoms with Crippen LogP contribution in [0.5, 0.6) is 0 Å². The molecule has 0 aliphatic rings. The quantitative estimate of drug-likeness (QED) is 0.537. The van der Waals surface area contributed by atoms with Gasteiger partial charge in [-0.25, -0.2) is 0 Å². The van der Waals surface area contributed by atoms with Gasteiger partial charge >= 0.3 is 0 Å². The van der Waals surface area contributed by atoms with Gasteiger partial charge in [0, 0.05) is 17.4 Å². The Morgan fingerprint density at radius 1 is 1.04 bits per heavy atom. The van der Waals surface area contributed by atoms with Crippen LogP contribution in [0, 0.1) is 37.8 Å². The van der Waals surface area contributed by atoms with Gasteiger partial charge in [0.25, 0.3) is 5.69 Å². The van der Waals surface area contributed by atoms with Crippen molar-refractivity contribution in [3.8, 4) is 0 Å². The third-order valence-electron chi connectivity index (χ3n) is 4.23. The molecule has 0 bridgehead atoms. The highest BCUT2D eigenvalue weighted by Crippen LogP contribution is 2.36. The summed E-state index contributed by atoms with van der Waals surface area (Å²) in [7, 11) is 0. The second-order valence-electron chi connectivity index (χ2n) is 6.12. The van der Waals surface area contributed by atoms with Crippen molar-refractivity contribution in [2.45, 2.75) is 27.7 Å². The highest BCUT2D eigenvalue weighted by atomic mass is 16.6. The lowest BCUT2D eigenvalue weighted by Crippen LogP contribution is -2.01. The number of aryl methyl sites for hydroxylation is 4. The summed E-state index contributed by atoms with van der Waals surface area (Å²) in [5, 5.41) is 15.4. The largest absolute Gasteiger partial charge is 0.355 e. The van der Waals surface area contributed by atoms with Crippen molar-refractivity contribution in [1.29, 1.82) is 0 Å². The number of benzene rings is 2. The van der Waals surface area contributed by atoms with Gasteiger partial charge < -0.3 is 5.32 Å². The second kappa shape index (κ2) is 5.92. The number of nitro benzene ring substituents is 1. The Hall–Kier alpha value is -2.95. The smallest absolute Gasteiger partial charge is 0.281 e. The minimum atomic E-state index is -0.341. The standard InChI is InChI=1S/C19H19N3O2/c1-11-5-7-15(8-6-11)21-16-10-13(3)20-19-14(4)12(2)9-17(18(16)19)22(23)24/h5-10H,1-4H3,(H,20,21). The van der Waals surface area contributed by atoms with Crippen LogP contribution in [0.4, 0.5) is 17.1 Å². The Morgan fingerprint density at radius 2 is 1.71 bits per heavy atom. The maximum atomic E-state index is 11.6. The lowest BCUT2D eigenvalue weighted by atomic mass is 10.0. The number of anilines is 2. The van der Waals surface area contributed by atoms with Gasteiger partial charge in [0.05, 0.1) is 16.1 Å². The Bertz CT molecular complexity index is 947. The van der Waals surface area contributed by atoms with Gasteiger partial charge in [-0.05, 0) is 57.0 Å². The van der Waals surface area contributed by atoms with E-state index >= 15 is 0 Å². The van der Waals surface area contributed by atoms with Crippen LogP contribution in [0.15, 0.2) is 36.4 Å². The molecule has 24 heavy (non-hydrogen) atoms. The maximum Gasteiger partial charge on any atom is 0.281 e. The third kappa shape index (κ3) is 2.80. The number of non-ortho nitro benzene ring substituents is 1. The Morgan fingerprint density at radius 3 is 2.33 bits per heavy atom. The number of fused-ring (bicyclic) bond motifs is 1. The molecule has 1 heterocycles. The molecule has 5 nitrogen and oxygen atoms in total. The zero-order valence-electron chi connectivity index (χ0n) is 14.2. The van der Waals surface area contributed by atoms with Crippen molar-refractivity contribution >= 4 is 28.0 Å². The number of nitrogens with zero attached hydrogens (tertiary/aromatic N) is 2. The number of nitrogens with one attached hydrogen (secondary N) is 1. The molecule has 0 spiro atoms. The van der Waals surface area contributed by atoms with Crippen molar-refractivity contribution in [3.05, 3.63) is 68.9 Å². The second-order valence-corrected chi connectivity index (χ2v) is 6.12. The Labute approximate surface area is 140 Å². The van der Waals surface area contributed by atoms with Gasteiger partial charge in [-0.3, -0.25) is 15.1 Å². The number of pyridine rings is 1. The summed E-state index contributed by atoms with van der Waals surface area (Å²) in [6, 6.07) is 11.4. The molecule has 0 fully saturated rings. The maximum absolute atomic E-state index is 11.6. The topological polar surface area (TPSA) is 68.1 Å². The average Bonchev–Trinajstić information content (AvgIpc) is 2.53. The van der Waals surface area contributed by atoms with E-state index in [-0.39, 0.29) is 10.6 Å². The van der Waals surface area contributed by atoms with E-state index in [4.69, 9.17) is 0 Å². The van der Waals surface area contributed by atoms with E-state index in [0.717, 1.165) is 28.1 Å². The van der Waals surface area contributed by atoms with Gasteiger partial charge in [0.15, 0.2) is 0 Å². The van der Waals surface area contributed by atoms with Crippen LogP contribution in [0.25, 0.3) is 10.9 Å². The number of nitro groups is 1. The molecular formula is C19H19N3O2. The fraction of sp³-hybridized carbons (Fsp3) is 0.211. The summed E-state index contributed by atoms with van der Waals surface area (Å²) in [4.78, 5) is 15.8. The predicted molar refractivity (Wildman–Crippen MR) is 97.1 cm³/mol. The molecule has 5 heteroatoms. The molecule has 0 aliphatic carbocycles. The molecular weight excluding hydrogens is 302 g/mol. The van der Waals surface area contributed by atoms with Crippen LogP contribution in [0.3, 0.4) is 0 Å². The first kappa shape index (κ1) is 15.9. The fourth-order valence-corrected chi connectivity index (χ4v) is 2.81. The molecule has 3 aromatic rings. The van der Waals surface area contributed by atoms with Crippen LogP contribution < -0.4 is 5.32 Å². The van der Waals surface area contributed by atoms with E-state index in [2.05, 4.69) is 10.3 Å². The molecule has 0 amide bonds. The minimum Gasteiger partial charge on any atom is -0.355 e. The molecule has 0 radical (unpaired) electrons. The van der Waals surface area contributed by atoms with Crippen molar-refractivity contribution in [3.63, 3.8) is 0 Å². The third-order valence-corrected chi connectivity index (χ3v) is 4.23. The molecule has 122 valence electrons. The SMILES string of the molecule is Cc1ccc(Nc2cc(C)nc3c(C)c(C)cc([N+](=O)[O-])c23)cc1. The van der Waals surface area contributed by atoms with Crippen LogP contribution in [0.1, 0.15) is 22.4 Å². The lowest BCUT2D eigenvalue weighted by molar-refractivity contribution is -0.383. The van der Waals surface area contributed by atoms with Gasteiger partial charge in [0.1, 0.15) is 5.39 Å². The Balaban J connectivity index is 2.28. The first-order valence-corrected chi connectivity index (χ1v) is 7.76. The van der Waals surface area contributed by atoms with Crippen molar-refractivity contribution in [2.75, 3.05) is 5.32 Å². The summed E-state index contributed by atoms with van der Waals surface area (Å²) in [5.41, 5.74) is 6.16. The molecule has 0 atom stereocenters. The molecule has 0 saturated heterocycles. The van der Waals surface area contributed by atoms with Gasteiger partial charge in [0.2, 0.25) is 0 Å². The number of hydrogen-bond acceptors (Lipinski definition) is 4. The van der Waals surface area contributed by atoms with E-state index in [0.29, 0.717) is 16.6 Å². The molecule has 0 aliphatic heterocycles. The zero-order valence-corrected chi connectivity index (χ0v) is 14.2. The molecule has 1 N–H and O–H groups in total. The highest BCUT2D eigenvalue weighted by molar-refractivity contribution is 6.02. The molecule has 3 rings (SSSR count). The van der Waals surface area contributed by atoms with Crippen molar-refractivity contribution < 1.29 is 4.92 Å². The molecule has 1 aromatic heterocycles. The van der Waals surface area contributed by atoms with E-state index in [1.807, 2.05) is 58.0 Å². The van der Waals surface area contributed by atoms with E-state index < -0.39 is 0 Å². The monoisotopic (exact) mass is 321 g/mol. The summed E-state index contributed by atoms with van der Waals surface area (Å²) >= 11 is 0. The van der Waals surface area contributed by atoms with Crippen LogP contribution in [-0.2, 0) is 0 Å². The lowest BCUT2D eigenvalue weighted by Gasteiger charge is -2.14. The van der Waals surface area contributed by atoms with Crippen molar-refractivity contribution in [1.82, 2.24) is 4.98 Å². The Kier molecular flexibility index (Phi) is 3.93. The van der Waals surface area contributed by atoms with Crippen molar-refractivity contribution in [2.24, 2.45) is 0 Å². The highest BCUT2D eigenvalue weighted by Gasteiger charge is 2.20. The molecule has 2 aromatic carbocycles. The van der Waals surface area contributed by atoms with Gasteiger partial charge in [-0.15, -0.1) is 0 Å². The van der Waals surface area contributed by atoms with Gasteiger partial charge in [-0.1, -0.05) is 17.7 Å². The van der Waals surface area contributed by atoms with Crippen LogP contribution >= 0.6 is 0 Å². The number of aromatic nitrogens is 1. The average molecular weight is 321 g/mol. The molecule has 0 saturated carbocycles. The summed E-state index contributed by atoms with van der Waals surface area (Å²) in [6.45, 7) is 7.74. The van der Waals surface area contributed by atoms with Crippen LogP contribution in [-0.4, -0.2) is 9.91 Å². The van der Waals surface area contributed by atoms with E-state index in [1.165, 1.54) is 0 Å². The summed E-state index contributed by atoms with van der Waals surface area (Å²) in [6.07, 6.45) is 0. The fourth-order valence-electron chi connectivity index (χ4n) is 2.81. The summed E-state index contributed by atoms with van der Waals surface area (Å²) < 4.78 is 0. The normalized spacial score (nSPS) is 10.8. The zero-order chi connectivity index (χ0) is 17.4. The first-order chi connectivity index (χ1) is 11.4. The number of hydrogen-bond donors (Lipinski definition) is 1. The van der Waals surface area contributed by atoms with Gasteiger partial charge in [-0.2, -0.15) is 0 Å². The summed E-state index contributed by atoms with van der Waals surface area (Å²) in [5.74, 6) is 0. The van der Waals surface area contributed by atoms with Crippen LogP contribution in [0.2, 0.25) is 0 Å². The molecule has 0 unspecified atom stereocenters. The minimum absolute atomic E-state index is 0.0789.